The lowest BCUT2D eigenvalue weighted by Gasteiger charge is -2.20. The number of halogens is 1. The molecule has 9 heteroatoms. The Morgan fingerprint density at radius 3 is 2.16 bits per heavy atom. The van der Waals surface area contributed by atoms with E-state index in [1.807, 2.05) is 0 Å². The molecule has 168 valence electrons. The van der Waals surface area contributed by atoms with Crippen molar-refractivity contribution < 1.29 is 22.7 Å². The quantitative estimate of drug-likeness (QED) is 0.584. The van der Waals surface area contributed by atoms with E-state index in [0.29, 0.717) is 29.2 Å². The topological polar surface area (TPSA) is 92.8 Å². The second-order valence-corrected chi connectivity index (χ2v) is 10.2. The van der Waals surface area contributed by atoms with Gasteiger partial charge in [-0.25, -0.2) is 8.42 Å². The highest BCUT2D eigenvalue weighted by Gasteiger charge is 2.18. The number of carbonyl (C=O) groups is 2. The van der Waals surface area contributed by atoms with E-state index in [1.54, 1.807) is 52.1 Å². The maximum atomic E-state index is 12.6. The predicted molar refractivity (Wildman–Crippen MR) is 121 cm³/mol. The second-order valence-electron chi connectivity index (χ2n) is 8.05. The number of rotatable bonds is 8. The largest absolute Gasteiger partial charge is 0.460 e. The van der Waals surface area contributed by atoms with Crippen molar-refractivity contribution in [2.24, 2.45) is 0 Å². The minimum absolute atomic E-state index is 0.0339. The lowest BCUT2D eigenvalue weighted by atomic mass is 10.2. The monoisotopic (exact) mass is 466 g/mol. The smallest absolute Gasteiger partial charge is 0.306 e. The van der Waals surface area contributed by atoms with Gasteiger partial charge in [0.1, 0.15) is 5.60 Å². The van der Waals surface area contributed by atoms with Crippen molar-refractivity contribution >= 4 is 39.2 Å². The third-order valence-corrected chi connectivity index (χ3v) is 5.80. The summed E-state index contributed by atoms with van der Waals surface area (Å²) >= 11 is 5.81. The van der Waals surface area contributed by atoms with E-state index in [1.165, 1.54) is 29.2 Å². The number of nitrogens with one attached hydrogen (secondary N) is 1. The molecule has 1 N–H and O–H groups in total. The molecule has 0 saturated heterocycles. The number of carbonyl (C=O) groups excluding carboxylic acids is 2. The van der Waals surface area contributed by atoms with Crippen LogP contribution < -0.4 is 4.72 Å². The summed E-state index contributed by atoms with van der Waals surface area (Å²) in [4.78, 5) is 25.8. The van der Waals surface area contributed by atoms with Gasteiger partial charge in [0.05, 0.1) is 4.90 Å². The summed E-state index contributed by atoms with van der Waals surface area (Å²) in [6.45, 7) is 5.77. The zero-order chi connectivity index (χ0) is 23.2. The summed E-state index contributed by atoms with van der Waals surface area (Å²) in [5.74, 6) is -0.574. The molecule has 0 unspecified atom stereocenters. The minimum atomic E-state index is -3.80. The van der Waals surface area contributed by atoms with Gasteiger partial charge in [-0.15, -0.1) is 0 Å². The Morgan fingerprint density at radius 1 is 1.03 bits per heavy atom. The van der Waals surface area contributed by atoms with Crippen LogP contribution in [0.1, 0.15) is 44.0 Å². The number of nitrogens with zero attached hydrogens (tertiary/aromatic N) is 1. The van der Waals surface area contributed by atoms with Gasteiger partial charge in [0, 0.05) is 36.3 Å². The molecule has 0 atom stereocenters. The van der Waals surface area contributed by atoms with E-state index in [9.17, 15) is 18.0 Å². The summed E-state index contributed by atoms with van der Waals surface area (Å²) < 4.78 is 32.8. The van der Waals surface area contributed by atoms with Gasteiger partial charge in [-0.2, -0.15) is 0 Å². The molecule has 0 saturated carbocycles. The number of ether oxygens (including phenoxy) is 1. The van der Waals surface area contributed by atoms with Crippen LogP contribution in [0, 0.1) is 0 Å². The molecule has 2 rings (SSSR count). The number of benzene rings is 2. The van der Waals surface area contributed by atoms with E-state index in [0.717, 1.165) is 0 Å². The number of amides is 1. The highest BCUT2D eigenvalue weighted by atomic mass is 35.5. The Morgan fingerprint density at radius 2 is 1.61 bits per heavy atom. The molecule has 0 aliphatic carbocycles. The summed E-state index contributed by atoms with van der Waals surface area (Å²) in [7, 11) is -2.17. The van der Waals surface area contributed by atoms with E-state index >= 15 is 0 Å². The van der Waals surface area contributed by atoms with Gasteiger partial charge >= 0.3 is 5.97 Å². The molecular formula is C22H27ClN2O5S. The zero-order valence-corrected chi connectivity index (χ0v) is 19.6. The first kappa shape index (κ1) is 24.7. The molecule has 0 aromatic heterocycles. The van der Waals surface area contributed by atoms with E-state index < -0.39 is 15.6 Å². The summed E-state index contributed by atoms with van der Waals surface area (Å²) in [5.41, 5.74) is 0.197. The van der Waals surface area contributed by atoms with Crippen molar-refractivity contribution in [3.8, 4) is 0 Å². The third-order valence-electron chi connectivity index (χ3n) is 4.15. The lowest BCUT2D eigenvalue weighted by molar-refractivity contribution is -0.154. The van der Waals surface area contributed by atoms with Gasteiger partial charge in [-0.3, -0.25) is 14.3 Å². The first-order chi connectivity index (χ1) is 14.4. The number of sulfonamides is 1. The minimum Gasteiger partial charge on any atom is -0.460 e. The van der Waals surface area contributed by atoms with Crippen LogP contribution in [0.4, 0.5) is 5.69 Å². The molecule has 7 nitrogen and oxygen atoms in total. The molecular weight excluding hydrogens is 440 g/mol. The molecule has 0 fully saturated rings. The average Bonchev–Trinajstić information content (AvgIpc) is 2.67. The van der Waals surface area contributed by atoms with Crippen LogP contribution >= 0.6 is 11.6 Å². The number of anilines is 1. The molecule has 0 heterocycles. The highest BCUT2D eigenvalue weighted by molar-refractivity contribution is 7.92. The molecule has 0 bridgehead atoms. The Kier molecular flexibility index (Phi) is 8.08. The van der Waals surface area contributed by atoms with Crippen molar-refractivity contribution in [1.82, 2.24) is 4.90 Å². The predicted octanol–water partition coefficient (Wildman–Crippen LogP) is 4.33. The van der Waals surface area contributed by atoms with E-state index in [2.05, 4.69) is 4.72 Å². The first-order valence-electron chi connectivity index (χ1n) is 9.73. The Hall–Kier alpha value is -2.58. The van der Waals surface area contributed by atoms with Crippen molar-refractivity contribution in [3.63, 3.8) is 0 Å². The highest BCUT2D eigenvalue weighted by Crippen LogP contribution is 2.19. The fourth-order valence-electron chi connectivity index (χ4n) is 2.68. The van der Waals surface area contributed by atoms with Gasteiger partial charge in [-0.05, 0) is 75.7 Å². The number of hydrogen-bond acceptors (Lipinski definition) is 5. The van der Waals surface area contributed by atoms with Gasteiger partial charge < -0.3 is 9.64 Å². The van der Waals surface area contributed by atoms with Crippen molar-refractivity contribution in [2.45, 2.75) is 44.1 Å². The van der Waals surface area contributed by atoms with Gasteiger partial charge in [0.15, 0.2) is 0 Å². The summed E-state index contributed by atoms with van der Waals surface area (Å²) in [6.07, 6.45) is 0.678. The lowest BCUT2D eigenvalue weighted by Crippen LogP contribution is -2.29. The van der Waals surface area contributed by atoms with Crippen molar-refractivity contribution in [1.29, 1.82) is 0 Å². The fourth-order valence-corrected chi connectivity index (χ4v) is 3.87. The van der Waals surface area contributed by atoms with Crippen LogP contribution in [0.15, 0.2) is 53.4 Å². The normalized spacial score (nSPS) is 11.6. The van der Waals surface area contributed by atoms with Crippen LogP contribution in [0.2, 0.25) is 5.02 Å². The molecule has 0 aliphatic heterocycles. The first-order valence-corrected chi connectivity index (χ1v) is 11.6. The SMILES string of the molecule is CN(CCCC(=O)OC(C)(C)C)C(=O)c1ccc(S(=O)(=O)Nc2ccc(Cl)cc2)cc1. The average molecular weight is 467 g/mol. The zero-order valence-electron chi connectivity index (χ0n) is 18.0. The second kappa shape index (κ2) is 10.2. The van der Waals surface area contributed by atoms with Crippen LogP contribution in [-0.2, 0) is 19.6 Å². The van der Waals surface area contributed by atoms with Crippen LogP contribution in [0.3, 0.4) is 0 Å². The Labute approximate surface area is 188 Å². The van der Waals surface area contributed by atoms with Gasteiger partial charge in [-0.1, -0.05) is 11.6 Å². The molecule has 2 aromatic carbocycles. The van der Waals surface area contributed by atoms with Crippen LogP contribution in [0.25, 0.3) is 0 Å². The third kappa shape index (κ3) is 7.88. The van der Waals surface area contributed by atoms with Gasteiger partial charge in [0.25, 0.3) is 15.9 Å². The standard InChI is InChI=1S/C22H27ClN2O5S/c1-22(2,3)30-20(26)6-5-15-25(4)21(27)16-7-13-19(14-8-16)31(28,29)24-18-11-9-17(23)10-12-18/h7-14,24H,5-6,15H2,1-4H3. The maximum Gasteiger partial charge on any atom is 0.306 e. The molecule has 1 amide bonds. The fraction of sp³-hybridized carbons (Fsp3) is 0.364. The summed E-state index contributed by atoms with van der Waals surface area (Å²) in [5, 5.41) is 0.501. The van der Waals surface area contributed by atoms with Gasteiger partial charge in [0.2, 0.25) is 0 Å². The van der Waals surface area contributed by atoms with Crippen molar-refractivity contribution in [2.75, 3.05) is 18.3 Å². The Bertz CT molecular complexity index is 1010. The number of esters is 1. The molecule has 0 aliphatic rings. The van der Waals surface area contributed by atoms with Crippen LogP contribution in [0.5, 0.6) is 0 Å². The molecule has 2 aromatic rings. The maximum absolute atomic E-state index is 12.6. The number of hydrogen-bond donors (Lipinski definition) is 1. The molecule has 31 heavy (non-hydrogen) atoms. The van der Waals surface area contributed by atoms with Crippen molar-refractivity contribution in [3.05, 3.63) is 59.1 Å². The van der Waals surface area contributed by atoms with Crippen LogP contribution in [-0.4, -0.2) is 44.4 Å². The Balaban J connectivity index is 1.94. The van der Waals surface area contributed by atoms with E-state index in [4.69, 9.17) is 16.3 Å². The molecule has 0 radical (unpaired) electrons. The molecule has 0 spiro atoms. The summed E-state index contributed by atoms with van der Waals surface area (Å²) in [6, 6.07) is 12.0. The van der Waals surface area contributed by atoms with E-state index in [-0.39, 0.29) is 23.2 Å².